The Hall–Kier alpha value is -4.14. The number of nitrogens with zero attached hydrogens (tertiary/aromatic N) is 2. The lowest BCUT2D eigenvalue weighted by atomic mass is 10.1. The molecule has 0 bridgehead atoms. The van der Waals surface area contributed by atoms with Gasteiger partial charge in [0.25, 0.3) is 5.56 Å². The molecule has 1 aromatic heterocycles. The predicted octanol–water partition coefficient (Wildman–Crippen LogP) is 1.86. The van der Waals surface area contributed by atoms with Gasteiger partial charge in [-0.25, -0.2) is 9.59 Å². The minimum atomic E-state index is -0.656. The monoisotopic (exact) mass is 423 g/mol. The van der Waals surface area contributed by atoms with Gasteiger partial charge in [-0.15, -0.1) is 11.3 Å². The van der Waals surface area contributed by atoms with Crippen molar-refractivity contribution in [2.45, 2.75) is 6.42 Å². The summed E-state index contributed by atoms with van der Waals surface area (Å²) in [5.74, 6) is 0.183. The van der Waals surface area contributed by atoms with Gasteiger partial charge in [0.15, 0.2) is 18.1 Å². The zero-order valence-corrected chi connectivity index (χ0v) is 17.1. The summed E-state index contributed by atoms with van der Waals surface area (Å²) in [5.41, 5.74) is 0.479. The summed E-state index contributed by atoms with van der Waals surface area (Å²) in [7, 11) is 2.72. The van der Waals surface area contributed by atoms with Gasteiger partial charge in [-0.05, 0) is 36.2 Å². The summed E-state index contributed by atoms with van der Waals surface area (Å²) >= 11 is 0. The zero-order valence-electron chi connectivity index (χ0n) is 17.1. The third-order valence-electron chi connectivity index (χ3n) is 4.41. The van der Waals surface area contributed by atoms with Crippen LogP contribution in [0.1, 0.15) is 11.1 Å². The topological polar surface area (TPSA) is 112 Å². The number of carbonyl (C=O) groups is 1. The van der Waals surface area contributed by atoms with Crippen LogP contribution in [0.5, 0.6) is 11.5 Å². The highest BCUT2D eigenvalue weighted by Crippen LogP contribution is 2.33. The molecule has 9 nitrogen and oxygen atoms in total. The maximum absolute atomic E-state index is 12.6. The Balaban J connectivity index is 2.02. The molecule has 3 rings (SSSR count). The number of hydrogen-bond donors (Lipinski definition) is 1. The standard InChI is InChI=1S/C22H21N3O6/c1-4-7-15-10-14(11-18(29-2)20(15)31-13-19(26)30-3)12-23-25-21(27)16-8-5-6-9-17(16)24-22(25)28/h4-6,8-12H,1,7,13H2,2-3H3,(H,24,28). The molecular weight excluding hydrogens is 402 g/mol. The number of H-pyrrole nitrogens is 1. The zero-order chi connectivity index (χ0) is 22.4. The number of aromatic amines is 1. The number of fused-ring (bicyclic) bond motifs is 1. The number of ether oxygens (including phenoxy) is 3. The fourth-order valence-electron chi connectivity index (χ4n) is 2.95. The lowest BCUT2D eigenvalue weighted by Gasteiger charge is -2.15. The molecule has 0 fully saturated rings. The second-order valence-electron chi connectivity index (χ2n) is 6.41. The van der Waals surface area contributed by atoms with Crippen molar-refractivity contribution >= 4 is 23.1 Å². The van der Waals surface area contributed by atoms with E-state index in [1.165, 1.54) is 20.4 Å². The third-order valence-corrected chi connectivity index (χ3v) is 4.41. The van der Waals surface area contributed by atoms with Crippen molar-refractivity contribution in [3.05, 3.63) is 81.0 Å². The number of allylic oxidation sites excluding steroid dienone is 1. The van der Waals surface area contributed by atoms with Gasteiger partial charge < -0.3 is 19.2 Å². The van der Waals surface area contributed by atoms with Crippen LogP contribution in [0, 0.1) is 0 Å². The minimum Gasteiger partial charge on any atom is -0.493 e. The van der Waals surface area contributed by atoms with Crippen LogP contribution < -0.4 is 20.7 Å². The molecule has 0 amide bonds. The summed E-state index contributed by atoms with van der Waals surface area (Å²) in [4.78, 5) is 39.0. The van der Waals surface area contributed by atoms with Crippen LogP contribution >= 0.6 is 0 Å². The first-order valence-electron chi connectivity index (χ1n) is 9.28. The number of methoxy groups -OCH3 is 2. The molecule has 2 aromatic carbocycles. The van der Waals surface area contributed by atoms with E-state index in [9.17, 15) is 14.4 Å². The van der Waals surface area contributed by atoms with E-state index in [1.807, 2.05) is 0 Å². The van der Waals surface area contributed by atoms with Gasteiger partial charge in [0.1, 0.15) is 0 Å². The Bertz CT molecular complexity index is 1270. The van der Waals surface area contributed by atoms with Crippen LogP contribution in [0.2, 0.25) is 0 Å². The molecule has 0 aliphatic carbocycles. The molecule has 1 heterocycles. The van der Waals surface area contributed by atoms with E-state index in [4.69, 9.17) is 9.47 Å². The van der Waals surface area contributed by atoms with Crippen molar-refractivity contribution in [1.29, 1.82) is 0 Å². The van der Waals surface area contributed by atoms with Gasteiger partial charge in [0.2, 0.25) is 0 Å². The fraction of sp³-hybridized carbons (Fsp3) is 0.182. The number of hydrogen-bond acceptors (Lipinski definition) is 7. The van der Waals surface area contributed by atoms with Crippen molar-refractivity contribution in [1.82, 2.24) is 9.66 Å². The molecule has 3 aromatic rings. The highest BCUT2D eigenvalue weighted by molar-refractivity contribution is 5.82. The van der Waals surface area contributed by atoms with Gasteiger partial charge in [-0.3, -0.25) is 4.79 Å². The third kappa shape index (κ3) is 4.72. The molecule has 31 heavy (non-hydrogen) atoms. The Morgan fingerprint density at radius 3 is 2.71 bits per heavy atom. The smallest absolute Gasteiger partial charge is 0.349 e. The first kappa shape index (κ1) is 21.6. The summed E-state index contributed by atoms with van der Waals surface area (Å²) in [6, 6.07) is 10.0. The molecule has 160 valence electrons. The summed E-state index contributed by atoms with van der Waals surface area (Å²) < 4.78 is 16.3. The van der Waals surface area contributed by atoms with Gasteiger partial charge in [0, 0.05) is 5.56 Å². The second-order valence-corrected chi connectivity index (χ2v) is 6.41. The number of benzene rings is 2. The van der Waals surface area contributed by atoms with E-state index in [0.29, 0.717) is 39.9 Å². The Morgan fingerprint density at radius 1 is 1.23 bits per heavy atom. The molecular formula is C22H21N3O6. The lowest BCUT2D eigenvalue weighted by molar-refractivity contribution is -0.142. The molecule has 0 saturated carbocycles. The van der Waals surface area contributed by atoms with Crippen molar-refractivity contribution in [2.75, 3.05) is 20.8 Å². The lowest BCUT2D eigenvalue weighted by Crippen LogP contribution is -2.32. The highest BCUT2D eigenvalue weighted by atomic mass is 16.6. The van der Waals surface area contributed by atoms with Crippen LogP contribution in [0.25, 0.3) is 10.9 Å². The Morgan fingerprint density at radius 2 is 2.00 bits per heavy atom. The maximum Gasteiger partial charge on any atom is 0.349 e. The molecule has 0 spiro atoms. The van der Waals surface area contributed by atoms with E-state index in [0.717, 1.165) is 4.68 Å². The van der Waals surface area contributed by atoms with Crippen LogP contribution in [-0.2, 0) is 16.0 Å². The van der Waals surface area contributed by atoms with E-state index in [1.54, 1.807) is 42.5 Å². The molecule has 0 aliphatic rings. The molecule has 0 saturated heterocycles. The highest BCUT2D eigenvalue weighted by Gasteiger charge is 2.14. The molecule has 1 N–H and O–H groups in total. The summed E-state index contributed by atoms with van der Waals surface area (Å²) in [6.07, 6.45) is 3.45. The average molecular weight is 423 g/mol. The van der Waals surface area contributed by atoms with Crippen molar-refractivity contribution in [3.8, 4) is 11.5 Å². The molecule has 0 aliphatic heterocycles. The van der Waals surface area contributed by atoms with Gasteiger partial charge in [-0.1, -0.05) is 18.2 Å². The molecule has 0 unspecified atom stereocenters. The van der Waals surface area contributed by atoms with Gasteiger partial charge >= 0.3 is 11.7 Å². The van der Waals surface area contributed by atoms with Crippen LogP contribution in [0.4, 0.5) is 0 Å². The predicted molar refractivity (Wildman–Crippen MR) is 116 cm³/mol. The first-order chi connectivity index (χ1) is 15.0. The van der Waals surface area contributed by atoms with Gasteiger partial charge in [-0.2, -0.15) is 5.10 Å². The number of esters is 1. The average Bonchev–Trinajstić information content (AvgIpc) is 2.77. The van der Waals surface area contributed by atoms with E-state index < -0.39 is 17.2 Å². The first-order valence-corrected chi connectivity index (χ1v) is 9.28. The SMILES string of the molecule is C=CCc1cc(C=Nn2c(=O)[nH]c3ccccc3c2=O)cc(OC)c1OCC(=O)OC. The van der Waals surface area contributed by atoms with Crippen LogP contribution in [0.3, 0.4) is 0 Å². The summed E-state index contributed by atoms with van der Waals surface area (Å²) in [5, 5.41) is 4.40. The van der Waals surface area contributed by atoms with Crippen molar-refractivity contribution in [2.24, 2.45) is 5.10 Å². The molecule has 9 heteroatoms. The van der Waals surface area contributed by atoms with Crippen LogP contribution in [0.15, 0.2) is 63.7 Å². The normalized spacial score (nSPS) is 10.9. The summed E-state index contributed by atoms with van der Waals surface area (Å²) in [6.45, 7) is 3.44. The number of para-hydroxylation sites is 1. The maximum atomic E-state index is 12.6. The van der Waals surface area contributed by atoms with Gasteiger partial charge in [0.05, 0.1) is 31.3 Å². The van der Waals surface area contributed by atoms with Crippen LogP contribution in [-0.4, -0.2) is 42.7 Å². The van der Waals surface area contributed by atoms with E-state index in [2.05, 4.69) is 21.4 Å². The van der Waals surface area contributed by atoms with Crippen molar-refractivity contribution in [3.63, 3.8) is 0 Å². The quantitative estimate of drug-likeness (QED) is 0.336. The fourth-order valence-corrected chi connectivity index (χ4v) is 2.95. The minimum absolute atomic E-state index is 0.285. The molecule has 0 atom stereocenters. The number of aromatic nitrogens is 2. The van der Waals surface area contributed by atoms with Crippen molar-refractivity contribution < 1.29 is 19.0 Å². The number of nitrogens with one attached hydrogen (secondary N) is 1. The Kier molecular flexibility index (Phi) is 6.66. The Labute approximate surface area is 177 Å². The molecule has 0 radical (unpaired) electrons. The van der Waals surface area contributed by atoms with E-state index in [-0.39, 0.29) is 6.61 Å². The van der Waals surface area contributed by atoms with E-state index >= 15 is 0 Å². The number of rotatable bonds is 8. The second kappa shape index (κ2) is 9.57. The largest absolute Gasteiger partial charge is 0.493 e. The number of carbonyl (C=O) groups excluding carboxylic acids is 1.